The first kappa shape index (κ1) is 12.2. The molecule has 4 nitrogen and oxygen atoms in total. The molecule has 2 N–H and O–H groups in total. The Bertz CT molecular complexity index is 587. The highest BCUT2D eigenvalue weighted by molar-refractivity contribution is 5.98. The van der Waals surface area contributed by atoms with E-state index in [0.29, 0.717) is 10.9 Å². The summed E-state index contributed by atoms with van der Waals surface area (Å²) in [6.07, 6.45) is -2.57. The summed E-state index contributed by atoms with van der Waals surface area (Å²) in [6.45, 7) is -0.633. The predicted octanol–water partition coefficient (Wildman–Crippen LogP) is 2.61. The van der Waals surface area contributed by atoms with Crippen molar-refractivity contribution in [1.29, 1.82) is 0 Å². The molecule has 1 aromatic carbocycles. The monoisotopic (exact) mass is 252 g/mol. The van der Waals surface area contributed by atoms with Gasteiger partial charge < -0.3 is 10.4 Å². The summed E-state index contributed by atoms with van der Waals surface area (Å²) in [5, 5.41) is 12.0. The number of anilines is 1. The van der Waals surface area contributed by atoms with Crippen LogP contribution in [0.15, 0.2) is 30.3 Å². The highest BCUT2D eigenvalue weighted by Crippen LogP contribution is 2.20. The van der Waals surface area contributed by atoms with Gasteiger partial charge in [-0.3, -0.25) is 0 Å². The molecule has 0 bridgehead atoms. The average molecular weight is 252 g/mol. The van der Waals surface area contributed by atoms with Crippen LogP contribution in [0.5, 0.6) is 0 Å². The van der Waals surface area contributed by atoms with Gasteiger partial charge in [-0.1, -0.05) is 18.2 Å². The number of halogens is 2. The van der Waals surface area contributed by atoms with Gasteiger partial charge >= 0.3 is 5.97 Å². The second-order valence-corrected chi connectivity index (χ2v) is 3.65. The SMILES string of the molecule is O=C(O)c1cc2ccccc2nc1NCC(F)F. The summed E-state index contributed by atoms with van der Waals surface area (Å²) < 4.78 is 24.3. The molecular formula is C12H10F2N2O2. The van der Waals surface area contributed by atoms with Crippen LogP contribution in [0.1, 0.15) is 10.4 Å². The molecule has 0 saturated heterocycles. The number of aromatic nitrogens is 1. The van der Waals surface area contributed by atoms with Gasteiger partial charge in [-0.05, 0) is 12.1 Å². The Labute approximate surface area is 101 Å². The van der Waals surface area contributed by atoms with E-state index in [4.69, 9.17) is 5.11 Å². The lowest BCUT2D eigenvalue weighted by molar-refractivity contribution is 0.0697. The van der Waals surface area contributed by atoms with Crippen LogP contribution in [0.25, 0.3) is 10.9 Å². The Morgan fingerprint density at radius 1 is 1.39 bits per heavy atom. The summed E-state index contributed by atoms with van der Waals surface area (Å²) in [6, 6.07) is 8.31. The average Bonchev–Trinajstić information content (AvgIpc) is 2.35. The molecule has 94 valence electrons. The summed E-state index contributed by atoms with van der Waals surface area (Å²) >= 11 is 0. The Hall–Kier alpha value is -2.24. The minimum absolute atomic E-state index is 0.0403. The van der Waals surface area contributed by atoms with Crippen LogP contribution in [0.4, 0.5) is 14.6 Å². The minimum atomic E-state index is -2.57. The van der Waals surface area contributed by atoms with Crippen molar-refractivity contribution in [3.8, 4) is 0 Å². The topological polar surface area (TPSA) is 62.2 Å². The van der Waals surface area contributed by atoms with E-state index in [-0.39, 0.29) is 11.4 Å². The third kappa shape index (κ3) is 2.53. The van der Waals surface area contributed by atoms with Gasteiger partial charge in [0.05, 0.1) is 12.1 Å². The number of benzene rings is 1. The number of rotatable bonds is 4. The Kier molecular flexibility index (Phi) is 3.36. The van der Waals surface area contributed by atoms with Crippen molar-refractivity contribution in [3.63, 3.8) is 0 Å². The molecule has 0 fully saturated rings. The van der Waals surface area contributed by atoms with E-state index < -0.39 is 18.9 Å². The molecule has 2 rings (SSSR count). The molecule has 0 atom stereocenters. The maximum absolute atomic E-state index is 12.1. The fraction of sp³-hybridized carbons (Fsp3) is 0.167. The molecule has 2 aromatic rings. The zero-order chi connectivity index (χ0) is 13.1. The fourth-order valence-electron chi connectivity index (χ4n) is 1.59. The van der Waals surface area contributed by atoms with E-state index in [0.717, 1.165) is 0 Å². The molecule has 1 aromatic heterocycles. The summed E-state index contributed by atoms with van der Waals surface area (Å²) in [4.78, 5) is 15.1. The van der Waals surface area contributed by atoms with E-state index in [1.54, 1.807) is 24.3 Å². The number of carbonyl (C=O) groups is 1. The third-order valence-electron chi connectivity index (χ3n) is 2.38. The molecule has 0 aliphatic rings. The first-order valence-electron chi connectivity index (χ1n) is 5.23. The van der Waals surface area contributed by atoms with Crippen LogP contribution >= 0.6 is 0 Å². The molecule has 18 heavy (non-hydrogen) atoms. The molecule has 0 saturated carbocycles. The molecule has 0 amide bonds. The number of carboxylic acids is 1. The maximum Gasteiger partial charge on any atom is 0.339 e. The van der Waals surface area contributed by atoms with Crippen LogP contribution in [0, 0.1) is 0 Å². The molecule has 0 aliphatic carbocycles. The fourth-order valence-corrected chi connectivity index (χ4v) is 1.59. The van der Waals surface area contributed by atoms with Gasteiger partial charge in [-0.25, -0.2) is 18.6 Å². The van der Waals surface area contributed by atoms with Crippen molar-refractivity contribution >= 4 is 22.7 Å². The summed E-state index contributed by atoms with van der Waals surface area (Å²) in [7, 11) is 0. The molecular weight excluding hydrogens is 242 g/mol. The van der Waals surface area contributed by atoms with Crippen molar-refractivity contribution in [2.24, 2.45) is 0 Å². The lowest BCUT2D eigenvalue weighted by atomic mass is 10.1. The smallest absolute Gasteiger partial charge is 0.339 e. The molecule has 0 radical (unpaired) electrons. The van der Waals surface area contributed by atoms with Gasteiger partial charge in [0.1, 0.15) is 11.4 Å². The second-order valence-electron chi connectivity index (χ2n) is 3.65. The van der Waals surface area contributed by atoms with Gasteiger partial charge in [0.15, 0.2) is 0 Å². The number of pyridine rings is 1. The van der Waals surface area contributed by atoms with Gasteiger partial charge in [0, 0.05) is 5.39 Å². The zero-order valence-electron chi connectivity index (χ0n) is 9.23. The number of aromatic carboxylic acids is 1. The van der Waals surface area contributed by atoms with Gasteiger partial charge in [-0.2, -0.15) is 0 Å². The Balaban J connectivity index is 2.47. The maximum atomic E-state index is 12.1. The number of alkyl halides is 2. The van der Waals surface area contributed by atoms with E-state index in [1.165, 1.54) is 6.07 Å². The first-order valence-corrected chi connectivity index (χ1v) is 5.23. The van der Waals surface area contributed by atoms with E-state index in [2.05, 4.69) is 10.3 Å². The number of hydrogen-bond acceptors (Lipinski definition) is 3. The molecule has 0 aliphatic heterocycles. The van der Waals surface area contributed by atoms with Gasteiger partial charge in [-0.15, -0.1) is 0 Å². The van der Waals surface area contributed by atoms with Crippen molar-refractivity contribution in [2.45, 2.75) is 6.43 Å². The van der Waals surface area contributed by atoms with Crippen LogP contribution in [-0.2, 0) is 0 Å². The number of nitrogens with one attached hydrogen (secondary N) is 1. The van der Waals surface area contributed by atoms with Crippen molar-refractivity contribution in [1.82, 2.24) is 4.98 Å². The van der Waals surface area contributed by atoms with E-state index in [9.17, 15) is 13.6 Å². The largest absolute Gasteiger partial charge is 0.478 e. The molecule has 6 heteroatoms. The van der Waals surface area contributed by atoms with E-state index in [1.807, 2.05) is 0 Å². The lowest BCUT2D eigenvalue weighted by Gasteiger charge is -2.09. The summed E-state index contributed by atoms with van der Waals surface area (Å²) in [5.74, 6) is -1.24. The van der Waals surface area contributed by atoms with Crippen LogP contribution < -0.4 is 5.32 Å². The van der Waals surface area contributed by atoms with Crippen LogP contribution in [-0.4, -0.2) is 29.0 Å². The standard InChI is InChI=1S/C12H10F2N2O2/c13-10(14)6-15-11-8(12(17)18)5-7-3-1-2-4-9(7)16-11/h1-5,10H,6H2,(H,15,16)(H,17,18). The number of carboxylic acid groups (broad SMARTS) is 1. The van der Waals surface area contributed by atoms with Gasteiger partial charge in [0.25, 0.3) is 6.43 Å². The zero-order valence-corrected chi connectivity index (χ0v) is 9.23. The van der Waals surface area contributed by atoms with Crippen LogP contribution in [0.2, 0.25) is 0 Å². The molecule has 1 heterocycles. The lowest BCUT2D eigenvalue weighted by Crippen LogP contribution is -2.14. The number of nitrogens with zero attached hydrogens (tertiary/aromatic N) is 1. The first-order chi connectivity index (χ1) is 8.58. The van der Waals surface area contributed by atoms with E-state index >= 15 is 0 Å². The highest BCUT2D eigenvalue weighted by atomic mass is 19.3. The molecule has 0 spiro atoms. The Morgan fingerprint density at radius 3 is 2.78 bits per heavy atom. The number of para-hydroxylation sites is 1. The second kappa shape index (κ2) is 4.95. The van der Waals surface area contributed by atoms with Crippen molar-refractivity contribution in [2.75, 3.05) is 11.9 Å². The quantitative estimate of drug-likeness (QED) is 0.878. The number of hydrogen-bond donors (Lipinski definition) is 2. The Morgan fingerprint density at radius 2 is 2.11 bits per heavy atom. The minimum Gasteiger partial charge on any atom is -0.478 e. The number of fused-ring (bicyclic) bond motifs is 1. The third-order valence-corrected chi connectivity index (χ3v) is 2.38. The highest BCUT2D eigenvalue weighted by Gasteiger charge is 2.14. The summed E-state index contributed by atoms with van der Waals surface area (Å²) in [5.41, 5.74) is 0.439. The normalized spacial score (nSPS) is 10.8. The molecule has 0 unspecified atom stereocenters. The predicted molar refractivity (Wildman–Crippen MR) is 63.2 cm³/mol. The van der Waals surface area contributed by atoms with Crippen molar-refractivity contribution in [3.05, 3.63) is 35.9 Å². The van der Waals surface area contributed by atoms with Gasteiger partial charge in [0.2, 0.25) is 0 Å². The van der Waals surface area contributed by atoms with Crippen molar-refractivity contribution < 1.29 is 18.7 Å². The van der Waals surface area contributed by atoms with Crippen LogP contribution in [0.3, 0.4) is 0 Å².